The maximum atomic E-state index is 3.09. The highest BCUT2D eigenvalue weighted by Crippen LogP contribution is 2.09. The summed E-state index contributed by atoms with van der Waals surface area (Å²) in [6, 6.07) is 8.29. The van der Waals surface area contributed by atoms with Gasteiger partial charge in [0.25, 0.3) is 0 Å². The Labute approximate surface area is 103 Å². The quantitative estimate of drug-likeness (QED) is 0.580. The Balaban J connectivity index is 2.47. The van der Waals surface area contributed by atoms with Crippen molar-refractivity contribution >= 4 is 18.0 Å². The van der Waals surface area contributed by atoms with E-state index in [2.05, 4.69) is 40.7 Å². The molecule has 0 heterocycles. The van der Waals surface area contributed by atoms with E-state index in [1.807, 2.05) is 50.7 Å². The molecule has 17 heavy (non-hydrogen) atoms. The Morgan fingerprint density at radius 2 is 1.59 bits per heavy atom. The van der Waals surface area contributed by atoms with Crippen molar-refractivity contribution in [2.45, 2.75) is 0 Å². The van der Waals surface area contributed by atoms with E-state index >= 15 is 0 Å². The Hall–Kier alpha value is -2.09. The van der Waals surface area contributed by atoms with Crippen molar-refractivity contribution < 1.29 is 4.99 Å². The van der Waals surface area contributed by atoms with E-state index in [-0.39, 0.29) is 0 Å². The van der Waals surface area contributed by atoms with Crippen LogP contribution in [0.4, 0.5) is 5.69 Å². The number of allylic oxidation sites excluding steroid dienone is 5. The molecule has 1 aromatic carbocycles. The van der Waals surface area contributed by atoms with Crippen LogP contribution in [0.25, 0.3) is 6.08 Å². The minimum absolute atomic E-state index is 1.13. The lowest BCUT2D eigenvalue weighted by Gasteiger charge is -1.98. The first-order valence-corrected chi connectivity index (χ1v) is 5.65. The van der Waals surface area contributed by atoms with Gasteiger partial charge in [0, 0.05) is 18.8 Å². The van der Waals surface area contributed by atoms with Crippen LogP contribution < -0.4 is 10.3 Å². The summed E-state index contributed by atoms with van der Waals surface area (Å²) < 4.78 is 0. The van der Waals surface area contributed by atoms with Crippen LogP contribution in [0, 0.1) is 0 Å². The SMILES string of the molecule is CNc1ccc(/C=C/C=C/C=C\C=[NH+]C)cc1. The van der Waals surface area contributed by atoms with Gasteiger partial charge in [-0.3, -0.25) is 4.99 Å². The summed E-state index contributed by atoms with van der Waals surface area (Å²) in [7, 11) is 3.80. The van der Waals surface area contributed by atoms with Crippen molar-refractivity contribution in [1.82, 2.24) is 0 Å². The summed E-state index contributed by atoms with van der Waals surface area (Å²) >= 11 is 0. The van der Waals surface area contributed by atoms with Crippen molar-refractivity contribution in [2.75, 3.05) is 19.4 Å². The zero-order chi connectivity index (χ0) is 12.3. The zero-order valence-electron chi connectivity index (χ0n) is 10.4. The highest BCUT2D eigenvalue weighted by Gasteiger charge is 1.86. The number of hydrogen-bond acceptors (Lipinski definition) is 1. The maximum Gasteiger partial charge on any atom is 0.161 e. The molecule has 0 aliphatic rings. The summed E-state index contributed by atoms with van der Waals surface area (Å²) in [5.41, 5.74) is 2.32. The number of anilines is 1. The van der Waals surface area contributed by atoms with E-state index in [4.69, 9.17) is 0 Å². The lowest BCUT2D eigenvalue weighted by Crippen LogP contribution is -2.62. The van der Waals surface area contributed by atoms with Gasteiger partial charge in [-0.05, 0) is 17.7 Å². The number of nitrogens with one attached hydrogen (secondary N) is 2. The molecule has 1 aromatic rings. The van der Waals surface area contributed by atoms with Gasteiger partial charge in [-0.1, -0.05) is 42.5 Å². The van der Waals surface area contributed by atoms with Gasteiger partial charge in [-0.25, -0.2) is 0 Å². The maximum absolute atomic E-state index is 3.09. The van der Waals surface area contributed by atoms with Gasteiger partial charge >= 0.3 is 0 Å². The standard InChI is InChI=1S/C15H18N2/c1-16-13-7-5-3-4-6-8-14-9-11-15(17-2)12-10-14/h3-13,17H,1-2H3/p+1/b4-3+,7-5-,8-6+,16-13?. The zero-order valence-corrected chi connectivity index (χ0v) is 10.4. The Morgan fingerprint density at radius 1 is 0.941 bits per heavy atom. The molecule has 2 N–H and O–H groups in total. The highest BCUT2D eigenvalue weighted by atomic mass is 14.8. The minimum atomic E-state index is 1.13. The molecule has 0 fully saturated rings. The Morgan fingerprint density at radius 3 is 2.24 bits per heavy atom. The summed E-state index contributed by atoms with van der Waals surface area (Å²) in [4.78, 5) is 2.93. The van der Waals surface area contributed by atoms with E-state index in [0.717, 1.165) is 5.69 Å². The van der Waals surface area contributed by atoms with Crippen LogP contribution in [0.5, 0.6) is 0 Å². The first-order valence-electron chi connectivity index (χ1n) is 5.65. The molecule has 2 nitrogen and oxygen atoms in total. The van der Waals surface area contributed by atoms with Crippen molar-refractivity contribution in [3.8, 4) is 0 Å². The van der Waals surface area contributed by atoms with E-state index < -0.39 is 0 Å². The van der Waals surface area contributed by atoms with Gasteiger partial charge in [-0.15, -0.1) is 0 Å². The van der Waals surface area contributed by atoms with Gasteiger partial charge in [0.2, 0.25) is 0 Å². The largest absolute Gasteiger partial charge is 0.388 e. The average Bonchev–Trinajstić information content (AvgIpc) is 2.38. The second kappa shape index (κ2) is 8.11. The first-order chi connectivity index (χ1) is 8.36. The molecule has 0 bridgehead atoms. The predicted molar refractivity (Wildman–Crippen MR) is 76.3 cm³/mol. The molecule has 0 aliphatic carbocycles. The molecule has 0 atom stereocenters. The van der Waals surface area contributed by atoms with Crippen LogP contribution in [-0.2, 0) is 0 Å². The lowest BCUT2D eigenvalue weighted by molar-refractivity contribution is -0.413. The molecule has 0 spiro atoms. The fraction of sp³-hybridized carbons (Fsp3) is 0.133. The lowest BCUT2D eigenvalue weighted by atomic mass is 10.2. The molecule has 0 saturated carbocycles. The van der Waals surface area contributed by atoms with E-state index in [1.54, 1.807) is 0 Å². The monoisotopic (exact) mass is 227 g/mol. The smallest absolute Gasteiger partial charge is 0.161 e. The Kier molecular flexibility index (Phi) is 6.19. The average molecular weight is 227 g/mol. The topological polar surface area (TPSA) is 26.0 Å². The van der Waals surface area contributed by atoms with Crippen LogP contribution in [0.2, 0.25) is 0 Å². The summed E-state index contributed by atoms with van der Waals surface area (Å²) in [6.45, 7) is 0. The van der Waals surface area contributed by atoms with Gasteiger partial charge in [0.05, 0.1) is 0 Å². The van der Waals surface area contributed by atoms with Gasteiger partial charge in [0.15, 0.2) is 6.21 Å². The van der Waals surface area contributed by atoms with E-state index in [1.165, 1.54) is 5.56 Å². The van der Waals surface area contributed by atoms with Crippen molar-refractivity contribution in [3.05, 3.63) is 60.2 Å². The predicted octanol–water partition coefficient (Wildman–Crippen LogP) is 1.64. The van der Waals surface area contributed by atoms with E-state index in [9.17, 15) is 0 Å². The second-order valence-electron chi connectivity index (χ2n) is 3.46. The third-order valence-corrected chi connectivity index (χ3v) is 2.20. The number of rotatable bonds is 5. The summed E-state index contributed by atoms with van der Waals surface area (Å²) in [5, 5.41) is 3.09. The third kappa shape index (κ3) is 5.52. The normalized spacial score (nSPS) is 12.4. The van der Waals surface area contributed by atoms with Gasteiger partial charge in [-0.2, -0.15) is 0 Å². The van der Waals surface area contributed by atoms with Crippen LogP contribution in [0.1, 0.15) is 5.56 Å². The highest BCUT2D eigenvalue weighted by molar-refractivity contribution is 5.65. The molecule has 0 aliphatic heterocycles. The molecule has 2 heteroatoms. The molecule has 0 radical (unpaired) electrons. The molecule has 0 amide bonds. The third-order valence-electron chi connectivity index (χ3n) is 2.20. The molecular weight excluding hydrogens is 208 g/mol. The van der Waals surface area contributed by atoms with Crippen LogP contribution in [-0.4, -0.2) is 20.3 Å². The Bertz CT molecular complexity index is 423. The first kappa shape index (κ1) is 13.0. The van der Waals surface area contributed by atoms with Crippen LogP contribution in [0.15, 0.2) is 54.6 Å². The molecular formula is C15H19N2+. The second-order valence-corrected chi connectivity index (χ2v) is 3.46. The van der Waals surface area contributed by atoms with Gasteiger partial charge in [0.1, 0.15) is 7.05 Å². The molecule has 88 valence electrons. The summed E-state index contributed by atoms with van der Waals surface area (Å²) in [5.74, 6) is 0. The van der Waals surface area contributed by atoms with Crippen molar-refractivity contribution in [1.29, 1.82) is 0 Å². The molecule has 1 rings (SSSR count). The van der Waals surface area contributed by atoms with Crippen LogP contribution >= 0.6 is 0 Å². The van der Waals surface area contributed by atoms with Crippen molar-refractivity contribution in [2.24, 2.45) is 0 Å². The van der Waals surface area contributed by atoms with Crippen molar-refractivity contribution in [3.63, 3.8) is 0 Å². The fourth-order valence-corrected chi connectivity index (χ4v) is 1.27. The molecule has 0 saturated heterocycles. The van der Waals surface area contributed by atoms with Crippen LogP contribution in [0.3, 0.4) is 0 Å². The number of hydrogen-bond donors (Lipinski definition) is 2. The minimum Gasteiger partial charge on any atom is -0.388 e. The molecule has 0 aromatic heterocycles. The fourth-order valence-electron chi connectivity index (χ4n) is 1.27. The van der Waals surface area contributed by atoms with Gasteiger partial charge < -0.3 is 5.32 Å². The van der Waals surface area contributed by atoms with E-state index in [0.29, 0.717) is 0 Å². The number of benzene rings is 1. The summed E-state index contributed by atoms with van der Waals surface area (Å²) in [6.07, 6.45) is 13.9. The molecule has 0 unspecified atom stereocenters.